The van der Waals surface area contributed by atoms with Gasteiger partial charge in [0.2, 0.25) is 0 Å². The van der Waals surface area contributed by atoms with E-state index in [0.717, 1.165) is 10.2 Å². The highest BCUT2D eigenvalue weighted by Crippen LogP contribution is 2.21. The van der Waals surface area contributed by atoms with Crippen LogP contribution in [-0.2, 0) is 0 Å². The van der Waals surface area contributed by atoms with E-state index in [1.54, 1.807) is 23.9 Å². The van der Waals surface area contributed by atoms with Crippen molar-refractivity contribution in [1.29, 1.82) is 0 Å². The lowest BCUT2D eigenvalue weighted by molar-refractivity contribution is 0.0953. The first-order valence-corrected chi connectivity index (χ1v) is 7.89. The van der Waals surface area contributed by atoms with Crippen LogP contribution in [0.2, 0.25) is 0 Å². The van der Waals surface area contributed by atoms with E-state index in [2.05, 4.69) is 21.2 Å². The van der Waals surface area contributed by atoms with Crippen molar-refractivity contribution in [3.63, 3.8) is 0 Å². The number of halogens is 1. The molecule has 1 amide bonds. The number of phenolic OH excluding ortho intramolecular Hbond substituents is 1. The summed E-state index contributed by atoms with van der Waals surface area (Å²) in [5.41, 5.74) is 0.282. The Morgan fingerprint density at radius 2 is 1.95 bits per heavy atom. The van der Waals surface area contributed by atoms with Gasteiger partial charge in [-0.15, -0.1) is 11.8 Å². The molecule has 3 nitrogen and oxygen atoms in total. The first kappa shape index (κ1) is 14.9. The van der Waals surface area contributed by atoms with Crippen LogP contribution in [-0.4, -0.2) is 23.3 Å². The Hall–Kier alpha value is -1.46. The average Bonchev–Trinajstić information content (AvgIpc) is 2.47. The fraction of sp³-hybridized carbons (Fsp3) is 0.133. The zero-order valence-electron chi connectivity index (χ0n) is 10.7. The molecule has 0 heterocycles. The molecular weight excluding hydrogens is 338 g/mol. The minimum absolute atomic E-state index is 0.0126. The quantitative estimate of drug-likeness (QED) is 0.638. The highest BCUT2D eigenvalue weighted by Gasteiger charge is 2.10. The summed E-state index contributed by atoms with van der Waals surface area (Å²) in [5.74, 6) is 0.503. The number of amides is 1. The summed E-state index contributed by atoms with van der Waals surface area (Å²) in [6.07, 6.45) is 0. The van der Waals surface area contributed by atoms with E-state index in [4.69, 9.17) is 0 Å². The molecular formula is C15H14BrNO2S. The summed E-state index contributed by atoms with van der Waals surface area (Å²) in [6, 6.07) is 14.8. The molecule has 0 unspecified atom stereocenters. The smallest absolute Gasteiger partial charge is 0.255 e. The summed E-state index contributed by atoms with van der Waals surface area (Å²) >= 11 is 4.96. The zero-order valence-corrected chi connectivity index (χ0v) is 13.1. The van der Waals surface area contributed by atoms with Gasteiger partial charge in [0.05, 0.1) is 5.56 Å². The summed E-state index contributed by atoms with van der Waals surface area (Å²) < 4.78 is 0.763. The van der Waals surface area contributed by atoms with Crippen molar-refractivity contribution >= 4 is 33.6 Å². The molecule has 0 fully saturated rings. The maximum Gasteiger partial charge on any atom is 0.255 e. The molecule has 0 atom stereocenters. The van der Waals surface area contributed by atoms with Gasteiger partial charge in [-0.2, -0.15) is 0 Å². The Labute approximate surface area is 130 Å². The van der Waals surface area contributed by atoms with Gasteiger partial charge in [-0.1, -0.05) is 34.1 Å². The van der Waals surface area contributed by atoms with E-state index in [1.807, 2.05) is 30.3 Å². The molecule has 0 spiro atoms. The highest BCUT2D eigenvalue weighted by molar-refractivity contribution is 9.10. The highest BCUT2D eigenvalue weighted by atomic mass is 79.9. The molecule has 0 aliphatic carbocycles. The second-order valence-electron chi connectivity index (χ2n) is 4.08. The lowest BCUT2D eigenvalue weighted by Gasteiger charge is -2.07. The fourth-order valence-electron chi connectivity index (χ4n) is 1.64. The van der Waals surface area contributed by atoms with Crippen LogP contribution in [0.5, 0.6) is 5.75 Å². The van der Waals surface area contributed by atoms with Gasteiger partial charge in [0.1, 0.15) is 5.75 Å². The second-order valence-corrected chi connectivity index (χ2v) is 6.16. The number of phenols is 1. The van der Waals surface area contributed by atoms with Gasteiger partial charge < -0.3 is 10.4 Å². The molecule has 0 aromatic heterocycles. The van der Waals surface area contributed by atoms with E-state index >= 15 is 0 Å². The Morgan fingerprint density at radius 3 is 2.70 bits per heavy atom. The second kappa shape index (κ2) is 7.36. The van der Waals surface area contributed by atoms with Crippen molar-refractivity contribution in [1.82, 2.24) is 5.32 Å². The molecule has 2 aromatic carbocycles. The molecule has 0 aliphatic heterocycles. The molecule has 2 aromatic rings. The molecule has 0 saturated carbocycles. The van der Waals surface area contributed by atoms with Crippen molar-refractivity contribution in [2.24, 2.45) is 0 Å². The number of hydrogen-bond acceptors (Lipinski definition) is 3. The van der Waals surface area contributed by atoms with Crippen LogP contribution in [0.4, 0.5) is 0 Å². The number of carbonyl (C=O) groups is 1. The maximum atomic E-state index is 11.9. The van der Waals surface area contributed by atoms with Gasteiger partial charge in [-0.3, -0.25) is 4.79 Å². The van der Waals surface area contributed by atoms with Crippen molar-refractivity contribution in [2.75, 3.05) is 12.3 Å². The van der Waals surface area contributed by atoms with E-state index in [1.165, 1.54) is 11.0 Å². The number of thioether (sulfide) groups is 1. The van der Waals surface area contributed by atoms with Gasteiger partial charge in [0.25, 0.3) is 5.91 Å². The maximum absolute atomic E-state index is 11.9. The van der Waals surface area contributed by atoms with Gasteiger partial charge >= 0.3 is 0 Å². The monoisotopic (exact) mass is 351 g/mol. The predicted octanol–water partition coefficient (Wildman–Crippen LogP) is 3.68. The Morgan fingerprint density at radius 1 is 1.20 bits per heavy atom. The summed E-state index contributed by atoms with van der Waals surface area (Å²) in [5, 5.41) is 12.4. The first-order valence-electron chi connectivity index (χ1n) is 6.11. The largest absolute Gasteiger partial charge is 0.507 e. The van der Waals surface area contributed by atoms with Crippen LogP contribution >= 0.6 is 27.7 Å². The van der Waals surface area contributed by atoms with Crippen LogP contribution in [0.25, 0.3) is 0 Å². The number of nitrogens with one attached hydrogen (secondary N) is 1. The molecule has 2 rings (SSSR count). The minimum atomic E-state index is -0.266. The van der Waals surface area contributed by atoms with Crippen molar-refractivity contribution < 1.29 is 9.90 Å². The first-order chi connectivity index (χ1) is 9.66. The fourth-order valence-corrected chi connectivity index (χ4v) is 2.79. The Bertz CT molecular complexity index is 590. The lowest BCUT2D eigenvalue weighted by Crippen LogP contribution is -2.25. The van der Waals surface area contributed by atoms with Crippen molar-refractivity contribution in [2.45, 2.75) is 4.90 Å². The topological polar surface area (TPSA) is 49.3 Å². The summed E-state index contributed by atoms with van der Waals surface area (Å²) in [4.78, 5) is 13.1. The molecule has 0 bridgehead atoms. The Balaban J connectivity index is 1.82. The zero-order chi connectivity index (χ0) is 14.4. The number of hydrogen-bond donors (Lipinski definition) is 2. The van der Waals surface area contributed by atoms with Crippen LogP contribution in [0, 0.1) is 0 Å². The lowest BCUT2D eigenvalue weighted by atomic mass is 10.2. The molecule has 2 N–H and O–H groups in total. The van der Waals surface area contributed by atoms with Crippen LogP contribution in [0.1, 0.15) is 10.4 Å². The third kappa shape index (κ3) is 4.28. The van der Waals surface area contributed by atoms with E-state index in [0.29, 0.717) is 6.54 Å². The predicted molar refractivity (Wildman–Crippen MR) is 85.3 cm³/mol. The van der Waals surface area contributed by atoms with E-state index < -0.39 is 0 Å². The molecule has 104 valence electrons. The standard InChI is InChI=1S/C15H14BrNO2S/c16-11-6-7-14(18)13(10-11)15(19)17-8-9-20-12-4-2-1-3-5-12/h1-7,10,18H,8-9H2,(H,17,19). The van der Waals surface area contributed by atoms with Gasteiger partial charge in [0, 0.05) is 21.7 Å². The molecule has 0 saturated heterocycles. The number of benzene rings is 2. The molecule has 20 heavy (non-hydrogen) atoms. The van der Waals surface area contributed by atoms with E-state index in [-0.39, 0.29) is 17.2 Å². The summed E-state index contributed by atoms with van der Waals surface area (Å²) in [7, 11) is 0. The Kier molecular flexibility index (Phi) is 5.49. The minimum Gasteiger partial charge on any atom is -0.507 e. The normalized spacial score (nSPS) is 10.2. The third-order valence-electron chi connectivity index (χ3n) is 2.60. The summed E-state index contributed by atoms with van der Waals surface area (Å²) in [6.45, 7) is 0.546. The molecule has 5 heteroatoms. The van der Waals surface area contributed by atoms with Crippen molar-refractivity contribution in [3.8, 4) is 5.75 Å². The van der Waals surface area contributed by atoms with Crippen LogP contribution in [0.3, 0.4) is 0 Å². The third-order valence-corrected chi connectivity index (χ3v) is 4.11. The number of rotatable bonds is 5. The van der Waals surface area contributed by atoms with Crippen LogP contribution < -0.4 is 5.32 Å². The van der Waals surface area contributed by atoms with Gasteiger partial charge in [-0.05, 0) is 30.3 Å². The number of carbonyl (C=O) groups excluding carboxylic acids is 1. The van der Waals surface area contributed by atoms with Gasteiger partial charge in [0.15, 0.2) is 0 Å². The van der Waals surface area contributed by atoms with Crippen LogP contribution in [0.15, 0.2) is 57.9 Å². The average molecular weight is 352 g/mol. The number of aromatic hydroxyl groups is 1. The SMILES string of the molecule is O=C(NCCSc1ccccc1)c1cc(Br)ccc1O. The van der Waals surface area contributed by atoms with E-state index in [9.17, 15) is 9.90 Å². The molecule has 0 radical (unpaired) electrons. The van der Waals surface area contributed by atoms with Crippen molar-refractivity contribution in [3.05, 3.63) is 58.6 Å². The molecule has 0 aliphatic rings. The van der Waals surface area contributed by atoms with Gasteiger partial charge in [-0.25, -0.2) is 0 Å².